The third kappa shape index (κ3) is 5.14. The van der Waals surface area contributed by atoms with Gasteiger partial charge in [0.25, 0.3) is 5.78 Å². The van der Waals surface area contributed by atoms with Gasteiger partial charge in [0.1, 0.15) is 28.9 Å². The Labute approximate surface area is 194 Å². The Morgan fingerprint density at radius 3 is 2.52 bits per heavy atom. The molecule has 1 atom stereocenters. The fourth-order valence-electron chi connectivity index (χ4n) is 2.81. The Hall–Kier alpha value is -3.45. The van der Waals surface area contributed by atoms with Crippen LogP contribution in [0.25, 0.3) is 16.9 Å². The molecule has 2 aromatic heterocycles. The highest BCUT2D eigenvalue weighted by Gasteiger charge is 2.27. The van der Waals surface area contributed by atoms with Crippen LogP contribution < -0.4 is 5.32 Å². The predicted octanol–water partition coefficient (Wildman–Crippen LogP) is 4.53. The van der Waals surface area contributed by atoms with E-state index in [1.165, 1.54) is 17.9 Å². The monoisotopic (exact) mass is 476 g/mol. The van der Waals surface area contributed by atoms with Gasteiger partial charge in [-0.2, -0.15) is 19.6 Å². The van der Waals surface area contributed by atoms with Gasteiger partial charge in [-0.1, -0.05) is 44.2 Å². The van der Waals surface area contributed by atoms with Crippen LogP contribution in [0.1, 0.15) is 33.3 Å². The van der Waals surface area contributed by atoms with Crippen molar-refractivity contribution in [2.75, 3.05) is 18.9 Å². The highest BCUT2D eigenvalue weighted by Crippen LogP contribution is 2.39. The first kappa shape index (κ1) is 24.2. The number of hydrogen-bond donors (Lipinski definition) is 2. The van der Waals surface area contributed by atoms with Crippen LogP contribution in [0, 0.1) is 28.9 Å². The molecule has 0 saturated carbocycles. The van der Waals surface area contributed by atoms with Crippen LogP contribution >= 0.6 is 11.6 Å². The summed E-state index contributed by atoms with van der Waals surface area (Å²) in [5.74, 6) is 3.77. The van der Waals surface area contributed by atoms with E-state index in [0.717, 1.165) is 17.0 Å². The molecule has 0 radical (unpaired) electrons. The molecule has 2 N–H and O–H groups in total. The van der Waals surface area contributed by atoms with E-state index in [1.807, 2.05) is 27.7 Å². The first-order chi connectivity index (χ1) is 15.4. The first-order valence-corrected chi connectivity index (χ1v) is 10.4. The van der Waals surface area contributed by atoms with Gasteiger partial charge in [0, 0.05) is 18.7 Å². The van der Waals surface area contributed by atoms with Gasteiger partial charge in [-0.15, -0.1) is 0 Å². The minimum absolute atomic E-state index is 0.00545. The molecule has 3 aromatic rings. The largest absolute Gasteiger partial charge is 0.465 e. The van der Waals surface area contributed by atoms with Crippen LogP contribution in [0.3, 0.4) is 0 Å². The zero-order valence-corrected chi connectivity index (χ0v) is 19.5. The average Bonchev–Trinajstić information content (AvgIpc) is 3.16. The molecule has 0 saturated heterocycles. The molecule has 1 unspecified atom stereocenters. The normalized spacial score (nSPS) is 12.2. The fourth-order valence-corrected chi connectivity index (χ4v) is 3.06. The van der Waals surface area contributed by atoms with Crippen LogP contribution in [0.2, 0.25) is 5.15 Å². The second kappa shape index (κ2) is 9.19. The number of aromatic nitrogens is 4. The Morgan fingerprint density at radius 1 is 1.30 bits per heavy atom. The Morgan fingerprint density at radius 2 is 1.94 bits per heavy atom. The van der Waals surface area contributed by atoms with E-state index in [9.17, 15) is 4.79 Å². The molecule has 0 spiro atoms. The van der Waals surface area contributed by atoms with Crippen LogP contribution in [0.15, 0.2) is 18.5 Å². The fraction of sp³-hybridized carbons (Fsp3) is 0.364. The van der Waals surface area contributed by atoms with Gasteiger partial charge < -0.3 is 15.3 Å². The number of hydrogen-bond acceptors (Lipinski definition) is 5. The molecular formula is C22H23ClF2N6O2. The number of halogens is 3. The zero-order chi connectivity index (χ0) is 24.5. The maximum Gasteiger partial charge on any atom is 0.407 e. The second-order valence-electron chi connectivity index (χ2n) is 8.59. The molecule has 2 heterocycles. The molecule has 0 bridgehead atoms. The molecular weight excluding hydrogens is 454 g/mol. The van der Waals surface area contributed by atoms with E-state index in [0.29, 0.717) is 0 Å². The standard InChI is InChI=1S/C22H23ClF2N6O2/c1-12(22(2,3)4)28-19-17(18(23)29-20-26-11-27-31(19)20)16-14(24)9-13(10-15(16)25)7-6-8-30(5)21(32)33/h9-12,28H,8H2,1-5H3,(H,32,33). The van der Waals surface area contributed by atoms with Crippen molar-refractivity contribution in [2.24, 2.45) is 5.41 Å². The number of nitrogens with zero attached hydrogens (tertiary/aromatic N) is 5. The summed E-state index contributed by atoms with van der Waals surface area (Å²) in [7, 11) is 1.34. The topological polar surface area (TPSA) is 95.7 Å². The number of anilines is 1. The van der Waals surface area contributed by atoms with Gasteiger partial charge in [0.15, 0.2) is 0 Å². The van der Waals surface area contributed by atoms with Crippen molar-refractivity contribution in [1.29, 1.82) is 0 Å². The van der Waals surface area contributed by atoms with E-state index in [1.54, 1.807) is 0 Å². The molecule has 33 heavy (non-hydrogen) atoms. The van der Waals surface area contributed by atoms with Crippen LogP contribution in [0.5, 0.6) is 0 Å². The quantitative estimate of drug-likeness (QED) is 0.424. The van der Waals surface area contributed by atoms with Crippen molar-refractivity contribution in [3.05, 3.63) is 40.8 Å². The van der Waals surface area contributed by atoms with E-state index in [-0.39, 0.29) is 51.4 Å². The number of benzene rings is 1. The van der Waals surface area contributed by atoms with E-state index in [4.69, 9.17) is 16.7 Å². The molecule has 1 amide bonds. The van der Waals surface area contributed by atoms with Crippen LogP contribution in [-0.2, 0) is 0 Å². The van der Waals surface area contributed by atoms with Crippen molar-refractivity contribution >= 4 is 29.3 Å². The van der Waals surface area contributed by atoms with Crippen molar-refractivity contribution in [2.45, 2.75) is 33.7 Å². The van der Waals surface area contributed by atoms with Crippen LogP contribution in [-0.4, -0.2) is 55.3 Å². The third-order valence-electron chi connectivity index (χ3n) is 5.20. The summed E-state index contributed by atoms with van der Waals surface area (Å²) in [5, 5.41) is 16.1. The lowest BCUT2D eigenvalue weighted by Gasteiger charge is -2.30. The Balaban J connectivity index is 2.13. The molecule has 0 aliphatic rings. The van der Waals surface area contributed by atoms with Crippen molar-refractivity contribution in [1.82, 2.24) is 24.5 Å². The van der Waals surface area contributed by atoms with Gasteiger partial charge in [-0.05, 0) is 24.5 Å². The van der Waals surface area contributed by atoms with Gasteiger partial charge in [-0.3, -0.25) is 0 Å². The Bertz CT molecular complexity index is 1250. The first-order valence-electron chi connectivity index (χ1n) is 9.98. The summed E-state index contributed by atoms with van der Waals surface area (Å²) in [6, 6.07) is 1.99. The molecule has 0 aliphatic carbocycles. The summed E-state index contributed by atoms with van der Waals surface area (Å²) in [4.78, 5) is 19.9. The number of amides is 1. The lowest BCUT2D eigenvalue weighted by molar-refractivity contribution is 0.161. The van der Waals surface area contributed by atoms with Crippen molar-refractivity contribution in [3.8, 4) is 23.0 Å². The number of carboxylic acid groups (broad SMARTS) is 1. The summed E-state index contributed by atoms with van der Waals surface area (Å²) < 4.78 is 31.7. The molecule has 174 valence electrons. The highest BCUT2D eigenvalue weighted by atomic mass is 35.5. The zero-order valence-electron chi connectivity index (χ0n) is 18.7. The van der Waals surface area contributed by atoms with Crippen molar-refractivity contribution in [3.63, 3.8) is 0 Å². The number of rotatable bonds is 4. The summed E-state index contributed by atoms with van der Waals surface area (Å²) in [6.07, 6.45) is 0.113. The SMILES string of the molecule is CC(Nc1c(-c2c(F)cc(C#CCN(C)C(=O)O)cc2F)c(Cl)nc2ncnn12)C(C)(C)C. The van der Waals surface area contributed by atoms with E-state index < -0.39 is 17.7 Å². The summed E-state index contributed by atoms with van der Waals surface area (Å²) in [6.45, 7) is 7.87. The third-order valence-corrected chi connectivity index (χ3v) is 5.48. The predicted molar refractivity (Wildman–Crippen MR) is 121 cm³/mol. The second-order valence-corrected chi connectivity index (χ2v) is 8.94. The maximum atomic E-state index is 15.2. The van der Waals surface area contributed by atoms with Gasteiger partial charge >= 0.3 is 6.09 Å². The Kier molecular flexibility index (Phi) is 6.74. The highest BCUT2D eigenvalue weighted by molar-refractivity contribution is 6.33. The molecule has 0 fully saturated rings. The van der Waals surface area contributed by atoms with E-state index >= 15 is 8.78 Å². The molecule has 1 aromatic carbocycles. The maximum absolute atomic E-state index is 15.2. The van der Waals surface area contributed by atoms with Crippen LogP contribution in [0.4, 0.5) is 19.4 Å². The molecule has 0 aliphatic heterocycles. The lowest BCUT2D eigenvalue weighted by Crippen LogP contribution is -2.32. The van der Waals surface area contributed by atoms with E-state index in [2.05, 4.69) is 32.2 Å². The average molecular weight is 477 g/mol. The van der Waals surface area contributed by atoms with Gasteiger partial charge in [0.05, 0.1) is 17.7 Å². The van der Waals surface area contributed by atoms with Crippen molar-refractivity contribution < 1.29 is 18.7 Å². The number of fused-ring (bicyclic) bond motifs is 1. The summed E-state index contributed by atoms with van der Waals surface area (Å²) >= 11 is 6.37. The molecule has 3 rings (SSSR count). The minimum atomic E-state index is -1.16. The smallest absolute Gasteiger partial charge is 0.407 e. The van der Waals surface area contributed by atoms with Gasteiger partial charge in [0.2, 0.25) is 0 Å². The molecule has 11 heteroatoms. The summed E-state index contributed by atoms with van der Waals surface area (Å²) in [5.41, 5.74) is -0.525. The number of nitrogens with one attached hydrogen (secondary N) is 1. The van der Waals surface area contributed by atoms with Gasteiger partial charge in [-0.25, -0.2) is 13.6 Å². The lowest BCUT2D eigenvalue weighted by atomic mass is 9.88. The number of carbonyl (C=O) groups is 1. The minimum Gasteiger partial charge on any atom is -0.465 e. The molecule has 8 nitrogen and oxygen atoms in total.